The quantitative estimate of drug-likeness (QED) is 0.589. The van der Waals surface area contributed by atoms with Gasteiger partial charge in [-0.15, -0.1) is 0 Å². The first-order valence-electron chi connectivity index (χ1n) is 3.87. The van der Waals surface area contributed by atoms with Crippen LogP contribution in [0.5, 0.6) is 5.75 Å². The van der Waals surface area contributed by atoms with Gasteiger partial charge in [-0.3, -0.25) is 0 Å². The summed E-state index contributed by atoms with van der Waals surface area (Å²) in [7, 11) is 0.890. The molecule has 1 rings (SSSR count). The van der Waals surface area contributed by atoms with Crippen molar-refractivity contribution in [3.63, 3.8) is 0 Å². The van der Waals surface area contributed by atoms with Crippen molar-refractivity contribution >= 4 is 0 Å². The summed E-state index contributed by atoms with van der Waals surface area (Å²) in [4.78, 5) is 2.55. The number of hydrogen-bond acceptors (Lipinski definition) is 2. The first-order valence-corrected chi connectivity index (χ1v) is 3.87. The van der Waals surface area contributed by atoms with Crippen molar-refractivity contribution in [3.8, 4) is 5.75 Å². The number of rotatable bonds is 2. The smallest absolute Gasteiger partial charge is 0.420 e. The summed E-state index contributed by atoms with van der Waals surface area (Å²) in [5, 5.41) is 0. The van der Waals surface area contributed by atoms with Crippen molar-refractivity contribution in [3.05, 3.63) is 23.3 Å². The molecule has 1 aromatic heterocycles. The Morgan fingerprint density at radius 3 is 2.25 bits per heavy atom. The lowest BCUT2D eigenvalue weighted by Crippen LogP contribution is -2.12. The number of ether oxygens (including phenoxy) is 1. The van der Waals surface area contributed by atoms with Crippen LogP contribution in [0.25, 0.3) is 0 Å². The first-order chi connectivity index (χ1) is 7.27. The summed E-state index contributed by atoms with van der Waals surface area (Å²) < 4.78 is 78.1. The Morgan fingerprint density at radius 2 is 1.88 bits per heavy atom. The van der Waals surface area contributed by atoms with E-state index in [9.17, 15) is 26.3 Å². The van der Waals surface area contributed by atoms with Gasteiger partial charge in [-0.05, 0) is 6.07 Å². The van der Waals surface area contributed by atoms with Crippen LogP contribution in [0.2, 0.25) is 0 Å². The molecule has 2 nitrogen and oxygen atoms in total. The van der Waals surface area contributed by atoms with Gasteiger partial charge in [0.25, 0.3) is 6.43 Å². The summed E-state index contributed by atoms with van der Waals surface area (Å²) in [6.45, 7) is 0. The van der Waals surface area contributed by atoms with Gasteiger partial charge in [0.05, 0.1) is 7.11 Å². The number of alkyl halides is 5. The van der Waals surface area contributed by atoms with Crippen molar-refractivity contribution in [2.45, 2.75) is 12.6 Å². The zero-order valence-corrected chi connectivity index (χ0v) is 7.78. The molecule has 8 heteroatoms. The normalized spacial score (nSPS) is 12.0. The minimum atomic E-state index is -5.01. The number of methoxy groups -OCH3 is 1. The molecular weight excluding hydrogens is 240 g/mol. The third-order valence-electron chi connectivity index (χ3n) is 1.70. The Balaban J connectivity index is 3.37. The molecule has 1 aromatic rings. The zero-order chi connectivity index (χ0) is 12.5. The van der Waals surface area contributed by atoms with Crippen LogP contribution < -0.4 is 4.74 Å². The average molecular weight is 245 g/mol. The highest BCUT2D eigenvalue weighted by molar-refractivity contribution is 5.34. The van der Waals surface area contributed by atoms with Gasteiger partial charge in [0.1, 0.15) is 11.3 Å². The van der Waals surface area contributed by atoms with E-state index in [0.717, 1.165) is 7.11 Å². The Hall–Kier alpha value is -1.47. The van der Waals surface area contributed by atoms with Crippen molar-refractivity contribution in [1.82, 2.24) is 4.98 Å². The molecule has 0 atom stereocenters. The lowest BCUT2D eigenvalue weighted by atomic mass is 10.2. The fraction of sp³-hybridized carbons (Fsp3) is 0.375. The minimum absolute atomic E-state index is 0.157. The zero-order valence-electron chi connectivity index (χ0n) is 7.78. The van der Waals surface area contributed by atoms with E-state index in [1.54, 1.807) is 0 Å². The molecule has 0 unspecified atom stereocenters. The molecule has 0 fully saturated rings. The second-order valence-corrected chi connectivity index (χ2v) is 2.71. The summed E-state index contributed by atoms with van der Waals surface area (Å²) in [6, 6.07) is 0.157. The molecule has 0 aliphatic carbocycles. The van der Waals surface area contributed by atoms with Gasteiger partial charge in [-0.25, -0.2) is 13.8 Å². The second-order valence-electron chi connectivity index (χ2n) is 2.71. The van der Waals surface area contributed by atoms with Crippen LogP contribution in [0.1, 0.15) is 17.7 Å². The lowest BCUT2D eigenvalue weighted by molar-refractivity contribution is -0.140. The van der Waals surface area contributed by atoms with Crippen LogP contribution in [-0.2, 0) is 6.18 Å². The molecule has 1 heterocycles. The van der Waals surface area contributed by atoms with Gasteiger partial charge in [0.2, 0.25) is 5.95 Å². The molecule has 0 saturated carbocycles. The summed E-state index contributed by atoms with van der Waals surface area (Å²) in [6.07, 6.45) is -8.22. The highest BCUT2D eigenvalue weighted by Gasteiger charge is 2.37. The number of halogens is 6. The molecule has 0 amide bonds. The summed E-state index contributed by atoms with van der Waals surface area (Å²) in [5.74, 6) is -2.80. The predicted molar refractivity (Wildman–Crippen MR) is 40.7 cm³/mol. The molecule has 0 radical (unpaired) electrons. The summed E-state index contributed by atoms with van der Waals surface area (Å²) >= 11 is 0. The SMILES string of the molecule is COc1cc(C(F)(F)F)c(F)nc1C(F)F. The summed E-state index contributed by atoms with van der Waals surface area (Å²) in [5.41, 5.74) is -2.90. The van der Waals surface area contributed by atoms with Crippen molar-refractivity contribution in [2.75, 3.05) is 7.11 Å². The Labute approximate surface area is 85.9 Å². The van der Waals surface area contributed by atoms with Crippen LogP contribution in [0.4, 0.5) is 26.3 Å². The van der Waals surface area contributed by atoms with E-state index in [1.165, 1.54) is 0 Å². The lowest BCUT2D eigenvalue weighted by Gasteiger charge is -2.12. The van der Waals surface area contributed by atoms with Gasteiger partial charge in [-0.2, -0.15) is 17.6 Å². The molecule has 90 valence electrons. The van der Waals surface area contributed by atoms with Gasteiger partial charge < -0.3 is 4.74 Å². The molecule has 0 saturated heterocycles. The van der Waals surface area contributed by atoms with Crippen LogP contribution in [0.15, 0.2) is 6.07 Å². The van der Waals surface area contributed by atoms with E-state index in [0.29, 0.717) is 0 Å². The third kappa shape index (κ3) is 2.37. The Morgan fingerprint density at radius 1 is 1.31 bits per heavy atom. The van der Waals surface area contributed by atoms with Gasteiger partial charge >= 0.3 is 6.18 Å². The number of nitrogens with zero attached hydrogens (tertiary/aromatic N) is 1. The molecular formula is C8H5F6NO. The molecule has 0 bridgehead atoms. The maximum Gasteiger partial charge on any atom is 0.420 e. The van der Waals surface area contributed by atoms with Crippen molar-refractivity contribution in [2.24, 2.45) is 0 Å². The van der Waals surface area contributed by atoms with Gasteiger partial charge in [-0.1, -0.05) is 0 Å². The largest absolute Gasteiger partial charge is 0.495 e. The fourth-order valence-electron chi connectivity index (χ4n) is 1.00. The molecule has 0 spiro atoms. The standard InChI is InChI=1S/C8H5F6NO/c1-16-4-2-3(8(12,13)14)7(11)15-5(4)6(9)10/h2,6H,1H3. The molecule has 0 aliphatic rings. The van der Waals surface area contributed by atoms with E-state index >= 15 is 0 Å². The van der Waals surface area contributed by atoms with E-state index < -0.39 is 35.6 Å². The third-order valence-corrected chi connectivity index (χ3v) is 1.70. The molecule has 16 heavy (non-hydrogen) atoms. The number of aromatic nitrogens is 1. The second kappa shape index (κ2) is 4.18. The van der Waals surface area contributed by atoms with Gasteiger partial charge in [0.15, 0.2) is 5.69 Å². The van der Waals surface area contributed by atoms with E-state index in [2.05, 4.69) is 9.72 Å². The number of hydrogen-bond donors (Lipinski definition) is 0. The van der Waals surface area contributed by atoms with E-state index in [1.807, 2.05) is 0 Å². The fourth-order valence-corrected chi connectivity index (χ4v) is 1.00. The van der Waals surface area contributed by atoms with Crippen molar-refractivity contribution in [1.29, 1.82) is 0 Å². The topological polar surface area (TPSA) is 22.1 Å². The first kappa shape index (κ1) is 12.6. The minimum Gasteiger partial charge on any atom is -0.495 e. The monoisotopic (exact) mass is 245 g/mol. The molecule has 0 N–H and O–H groups in total. The highest BCUT2D eigenvalue weighted by atomic mass is 19.4. The predicted octanol–water partition coefficient (Wildman–Crippen LogP) is 3.19. The van der Waals surface area contributed by atoms with E-state index in [4.69, 9.17) is 0 Å². The molecule has 0 aromatic carbocycles. The number of pyridine rings is 1. The van der Waals surface area contributed by atoms with Crippen LogP contribution in [0.3, 0.4) is 0 Å². The maximum atomic E-state index is 12.8. The van der Waals surface area contributed by atoms with E-state index in [-0.39, 0.29) is 6.07 Å². The van der Waals surface area contributed by atoms with Crippen LogP contribution >= 0.6 is 0 Å². The van der Waals surface area contributed by atoms with Crippen LogP contribution in [0, 0.1) is 5.95 Å². The Bertz CT molecular complexity index is 389. The van der Waals surface area contributed by atoms with Gasteiger partial charge in [0, 0.05) is 0 Å². The van der Waals surface area contributed by atoms with Crippen molar-refractivity contribution < 1.29 is 31.1 Å². The Kier molecular flexibility index (Phi) is 3.30. The van der Waals surface area contributed by atoms with Crippen LogP contribution in [-0.4, -0.2) is 12.1 Å². The maximum absolute atomic E-state index is 12.8. The molecule has 0 aliphatic heterocycles. The average Bonchev–Trinajstić information content (AvgIpc) is 2.15. The highest BCUT2D eigenvalue weighted by Crippen LogP contribution is 2.36.